The molecule has 5 saturated carbocycles. The van der Waals surface area contributed by atoms with Crippen molar-refractivity contribution in [1.29, 1.82) is 0 Å². The number of carboxylic acid groups (broad SMARTS) is 3. The van der Waals surface area contributed by atoms with Crippen LogP contribution in [0.5, 0.6) is 0 Å². The van der Waals surface area contributed by atoms with E-state index in [-0.39, 0.29) is 40.6 Å². The van der Waals surface area contributed by atoms with Crippen LogP contribution in [0.3, 0.4) is 0 Å². The van der Waals surface area contributed by atoms with Gasteiger partial charge >= 0.3 is 17.9 Å². The molecule has 7 aliphatic rings. The van der Waals surface area contributed by atoms with Gasteiger partial charge in [-0.1, -0.05) is 46.3 Å². The van der Waals surface area contributed by atoms with Crippen LogP contribution in [0.1, 0.15) is 106 Å². The molecule has 20 unspecified atom stereocenters. The number of aliphatic carboxylic acids is 3. The van der Waals surface area contributed by atoms with E-state index in [9.17, 15) is 65.4 Å². The Morgan fingerprint density at radius 3 is 1.92 bits per heavy atom. The molecule has 16 heteroatoms. The second-order valence-corrected chi connectivity index (χ2v) is 21.0. The Hall–Kier alpha value is -2.25. The first kappa shape index (κ1) is 44.8. The van der Waals surface area contributed by atoms with Crippen molar-refractivity contribution in [3.05, 3.63) is 11.6 Å². The number of hydrogen-bond donors (Lipinski definition) is 10. The second-order valence-electron chi connectivity index (χ2n) is 21.0. The van der Waals surface area contributed by atoms with E-state index in [1.807, 2.05) is 20.8 Å². The molecule has 0 bridgehead atoms. The summed E-state index contributed by atoms with van der Waals surface area (Å²) in [5.74, 6) is -5.76. The van der Waals surface area contributed by atoms with Crippen molar-refractivity contribution in [3.63, 3.8) is 0 Å². The normalized spacial score (nSPS) is 53.1. The Labute approximate surface area is 344 Å². The highest BCUT2D eigenvalue weighted by Crippen LogP contribution is 2.76. The fraction of sp³-hybridized carbons (Fsp3) is 0.884. The Bertz CT molecular complexity index is 1700. The predicted molar refractivity (Wildman–Crippen MR) is 205 cm³/mol. The number of carboxylic acids is 3. The van der Waals surface area contributed by atoms with Gasteiger partial charge in [-0.05, 0) is 111 Å². The van der Waals surface area contributed by atoms with Gasteiger partial charge in [0.15, 0.2) is 12.4 Å². The van der Waals surface area contributed by atoms with E-state index >= 15 is 0 Å². The molecule has 0 aromatic heterocycles. The zero-order valence-electron chi connectivity index (χ0n) is 34.9. The van der Waals surface area contributed by atoms with Crippen molar-refractivity contribution in [2.75, 3.05) is 6.61 Å². The van der Waals surface area contributed by atoms with Crippen molar-refractivity contribution in [2.45, 2.75) is 173 Å². The molecule has 10 N–H and O–H groups in total. The molecule has 0 amide bonds. The van der Waals surface area contributed by atoms with E-state index in [1.165, 1.54) is 5.57 Å². The van der Waals surface area contributed by atoms with E-state index in [4.69, 9.17) is 14.2 Å². The molecule has 1 heterocycles. The molecule has 16 nitrogen and oxygen atoms in total. The van der Waals surface area contributed by atoms with Gasteiger partial charge in [-0.25, -0.2) is 4.79 Å². The van der Waals surface area contributed by atoms with Crippen LogP contribution >= 0.6 is 0 Å². The van der Waals surface area contributed by atoms with Gasteiger partial charge < -0.3 is 65.3 Å². The molecule has 6 aliphatic carbocycles. The van der Waals surface area contributed by atoms with Gasteiger partial charge in [0, 0.05) is 12.0 Å². The number of ether oxygens (including phenoxy) is 3. The van der Waals surface area contributed by atoms with Crippen LogP contribution in [0, 0.1) is 56.2 Å². The van der Waals surface area contributed by atoms with E-state index in [0.29, 0.717) is 25.7 Å². The predicted octanol–water partition coefficient (Wildman–Crippen LogP) is 1.67. The highest BCUT2D eigenvalue weighted by Gasteiger charge is 2.71. The lowest BCUT2D eigenvalue weighted by Gasteiger charge is -2.73. The third-order valence-electron chi connectivity index (χ3n) is 18.0. The molecular weight excluding hydrogens is 772 g/mol. The summed E-state index contributed by atoms with van der Waals surface area (Å²) in [6.45, 7) is 12.8. The zero-order valence-corrected chi connectivity index (χ0v) is 34.9. The summed E-state index contributed by atoms with van der Waals surface area (Å²) >= 11 is 0. The highest BCUT2D eigenvalue weighted by molar-refractivity contribution is 5.77. The Morgan fingerprint density at radius 1 is 0.661 bits per heavy atom. The minimum Gasteiger partial charge on any atom is -0.481 e. The van der Waals surface area contributed by atoms with Gasteiger partial charge in [-0.15, -0.1) is 0 Å². The fourth-order valence-corrected chi connectivity index (χ4v) is 14.2. The summed E-state index contributed by atoms with van der Waals surface area (Å²) < 4.78 is 17.8. The lowest BCUT2D eigenvalue weighted by molar-refractivity contribution is -0.340. The van der Waals surface area contributed by atoms with Crippen LogP contribution in [-0.4, -0.2) is 143 Å². The lowest BCUT2D eigenvalue weighted by atomic mass is 9.32. The molecular formula is C43H66O16. The number of carbonyl (C=O) groups is 3. The molecule has 0 spiro atoms. The monoisotopic (exact) mass is 838 g/mol. The van der Waals surface area contributed by atoms with Crippen molar-refractivity contribution in [2.24, 2.45) is 56.2 Å². The van der Waals surface area contributed by atoms with Gasteiger partial charge in [-0.2, -0.15) is 0 Å². The van der Waals surface area contributed by atoms with Gasteiger partial charge in [0.1, 0.15) is 48.6 Å². The van der Waals surface area contributed by atoms with Crippen LogP contribution in [0.4, 0.5) is 0 Å². The topological polar surface area (TPSA) is 281 Å². The number of fused-ring (bicyclic) bond motifs is 7. The second kappa shape index (κ2) is 14.9. The molecule has 1 aliphatic heterocycles. The first-order valence-corrected chi connectivity index (χ1v) is 21.4. The molecule has 7 rings (SSSR count). The lowest BCUT2D eigenvalue weighted by Crippen LogP contribution is -2.69. The quantitative estimate of drug-likeness (QED) is 0.156. The third-order valence-corrected chi connectivity index (χ3v) is 18.0. The molecule has 59 heavy (non-hydrogen) atoms. The maximum atomic E-state index is 12.8. The minimum absolute atomic E-state index is 0.0580. The molecule has 20 atom stereocenters. The molecule has 0 aromatic rings. The Morgan fingerprint density at radius 2 is 1.31 bits per heavy atom. The van der Waals surface area contributed by atoms with Crippen LogP contribution in [0.2, 0.25) is 0 Å². The van der Waals surface area contributed by atoms with Crippen LogP contribution in [0.15, 0.2) is 11.6 Å². The zero-order chi connectivity index (χ0) is 43.6. The standard InChI is InChI=1S/C43H66O16/c1-38(2)21-9-11-42(6)22(8-7-19-20-17-40(4,37(55)56)14-13-39(20,3)15-16-41(19,42)5)43(21,18-44)12-10-23(38)57-31-24(34(51)52)25(45)26(46)28(48)32(31)58-36-30(50)27(47)29(49)33(59-36)35(53)54/h17,19,21-33,36,44-50H,7-16,18H2,1-6H3,(H,51,52)(H,53,54)(H,55,56). The summed E-state index contributed by atoms with van der Waals surface area (Å²) in [5, 5.41) is 107. The minimum atomic E-state index is -2.07. The van der Waals surface area contributed by atoms with E-state index in [0.717, 1.165) is 38.5 Å². The van der Waals surface area contributed by atoms with Crippen LogP contribution in [-0.2, 0) is 28.6 Å². The average Bonchev–Trinajstić information content (AvgIpc) is 3.16. The van der Waals surface area contributed by atoms with Crippen molar-refractivity contribution < 1.29 is 79.7 Å². The molecule has 334 valence electrons. The van der Waals surface area contributed by atoms with Gasteiger partial charge in [0.2, 0.25) is 0 Å². The summed E-state index contributed by atoms with van der Waals surface area (Å²) in [5.41, 5.74) is -1.35. The average molecular weight is 839 g/mol. The molecule has 6 fully saturated rings. The first-order valence-electron chi connectivity index (χ1n) is 21.4. The number of aliphatic hydroxyl groups is 7. The number of hydrogen-bond acceptors (Lipinski definition) is 13. The Balaban J connectivity index is 1.19. The highest BCUT2D eigenvalue weighted by atomic mass is 16.7. The SMILES string of the molecule is CC1(C(=O)O)C=C2C3CCC4C5(CO)CCC(OC6C(OC7OC(C(=O)O)C(O)C(O)C7O)C(O)C(O)C(O)C6C(=O)O)C(C)(C)C5CCC4(C)C3(C)CCC2(C)CC1. The first-order chi connectivity index (χ1) is 27.3. The number of allylic oxidation sites excluding steroid dienone is 1. The Kier molecular flexibility index (Phi) is 11.3. The van der Waals surface area contributed by atoms with Crippen LogP contribution in [0.25, 0.3) is 0 Å². The summed E-state index contributed by atoms with van der Waals surface area (Å²) in [6.07, 6.45) is -11.1. The summed E-state index contributed by atoms with van der Waals surface area (Å²) in [7, 11) is 0. The van der Waals surface area contributed by atoms with Gasteiger partial charge in [0.25, 0.3) is 0 Å². The van der Waals surface area contributed by atoms with Crippen molar-refractivity contribution >= 4 is 17.9 Å². The largest absolute Gasteiger partial charge is 0.481 e. The maximum Gasteiger partial charge on any atom is 0.335 e. The molecule has 0 aromatic carbocycles. The van der Waals surface area contributed by atoms with Crippen molar-refractivity contribution in [1.82, 2.24) is 0 Å². The third kappa shape index (κ3) is 6.47. The van der Waals surface area contributed by atoms with E-state index in [2.05, 4.69) is 26.8 Å². The maximum absolute atomic E-state index is 12.8. The van der Waals surface area contributed by atoms with Gasteiger partial charge in [0.05, 0.1) is 17.6 Å². The van der Waals surface area contributed by atoms with Crippen molar-refractivity contribution in [3.8, 4) is 0 Å². The van der Waals surface area contributed by atoms with Crippen LogP contribution < -0.4 is 0 Å². The summed E-state index contributed by atoms with van der Waals surface area (Å²) in [4.78, 5) is 37.2. The van der Waals surface area contributed by atoms with E-state index < -0.39 is 107 Å². The smallest absolute Gasteiger partial charge is 0.335 e. The fourth-order valence-electron chi connectivity index (χ4n) is 14.2. The molecule has 1 saturated heterocycles. The van der Waals surface area contributed by atoms with Gasteiger partial charge in [-0.3, -0.25) is 9.59 Å². The number of aliphatic hydroxyl groups excluding tert-OH is 7. The summed E-state index contributed by atoms with van der Waals surface area (Å²) in [6, 6.07) is 0. The number of rotatable bonds is 8. The van der Waals surface area contributed by atoms with E-state index in [1.54, 1.807) is 0 Å². The molecule has 0 radical (unpaired) electrons.